The van der Waals surface area contributed by atoms with Crippen molar-refractivity contribution in [2.24, 2.45) is 23.5 Å². The number of benzene rings is 2. The lowest BCUT2D eigenvalue weighted by molar-refractivity contribution is -0.143. The van der Waals surface area contributed by atoms with E-state index in [0.29, 0.717) is 25.1 Å². The number of nitrogens with one attached hydrogen (secondary N) is 2. The lowest BCUT2D eigenvalue weighted by Gasteiger charge is -2.33. The predicted molar refractivity (Wildman–Crippen MR) is 178 cm³/mol. The molecule has 1 heterocycles. The number of amides is 4. The molecule has 13 nitrogen and oxygen atoms in total. The molecule has 260 valence electrons. The number of nitrogens with zero attached hydrogens (tertiary/aromatic N) is 1. The molecule has 1 saturated carbocycles. The van der Waals surface area contributed by atoms with Gasteiger partial charge in [0.15, 0.2) is 0 Å². The van der Waals surface area contributed by atoms with E-state index >= 15 is 0 Å². The molecular formula is C34H45N4O9P. The van der Waals surface area contributed by atoms with Crippen LogP contribution in [-0.2, 0) is 35.1 Å². The van der Waals surface area contributed by atoms with E-state index in [2.05, 4.69) is 15.2 Å². The lowest BCUT2D eigenvalue weighted by atomic mass is 10.0. The van der Waals surface area contributed by atoms with Crippen LogP contribution in [0.4, 0.5) is 0 Å². The highest BCUT2D eigenvalue weighted by Crippen LogP contribution is 2.50. The molecule has 6 atom stereocenters. The van der Waals surface area contributed by atoms with Crippen LogP contribution in [0.1, 0.15) is 57.6 Å². The molecule has 48 heavy (non-hydrogen) atoms. The maximum atomic E-state index is 14.0. The summed E-state index contributed by atoms with van der Waals surface area (Å²) < 4.78 is 21.6. The molecule has 2 aliphatic rings. The van der Waals surface area contributed by atoms with Gasteiger partial charge in [0, 0.05) is 19.0 Å². The van der Waals surface area contributed by atoms with Crippen molar-refractivity contribution in [3.8, 4) is 5.75 Å². The van der Waals surface area contributed by atoms with Crippen LogP contribution in [0.15, 0.2) is 60.7 Å². The summed E-state index contributed by atoms with van der Waals surface area (Å²) in [4.78, 5) is 71.9. The minimum absolute atomic E-state index is 0.0131. The van der Waals surface area contributed by atoms with Crippen molar-refractivity contribution < 1.29 is 42.8 Å². The zero-order valence-corrected chi connectivity index (χ0v) is 28.3. The average molecular weight is 685 g/mol. The second-order valence-corrected chi connectivity index (χ2v) is 14.1. The molecule has 0 unspecified atom stereocenters. The van der Waals surface area contributed by atoms with Gasteiger partial charge in [-0.15, -0.1) is 0 Å². The van der Waals surface area contributed by atoms with E-state index in [1.165, 1.54) is 36.4 Å². The smallest absolute Gasteiger partial charge is 0.404 e. The van der Waals surface area contributed by atoms with Gasteiger partial charge in [-0.3, -0.25) is 29.0 Å². The molecule has 1 aliphatic carbocycles. The maximum Gasteiger partial charge on any atom is 0.524 e. The van der Waals surface area contributed by atoms with Gasteiger partial charge in [0.1, 0.15) is 17.8 Å². The highest BCUT2D eigenvalue weighted by molar-refractivity contribution is 7.46. The van der Waals surface area contributed by atoms with E-state index < -0.39 is 43.9 Å². The zero-order chi connectivity index (χ0) is 35.0. The first-order valence-electron chi connectivity index (χ1n) is 16.1. The summed E-state index contributed by atoms with van der Waals surface area (Å²) in [6.07, 6.45) is 3.86. The van der Waals surface area contributed by atoms with Crippen LogP contribution in [0.3, 0.4) is 0 Å². The van der Waals surface area contributed by atoms with E-state index in [4.69, 9.17) is 20.3 Å². The Kier molecular flexibility index (Phi) is 12.6. The fraction of sp³-hybridized carbons (Fsp3) is 0.471. The molecule has 0 bridgehead atoms. The second kappa shape index (κ2) is 16.4. The van der Waals surface area contributed by atoms with E-state index in [0.717, 1.165) is 12.0 Å². The standard InChI is InChI=1S/C34H45N4O9P/c1-21(2)17-29(36-31(40)16-11-23-9-12-26(13-10-23)47-48(43,44)45)34(42)38-19-25-18-27(25)32(38)33(41)37-28(14-15-30(35)39)22(3)46-20-24-7-5-4-6-8-24/h4-13,16,21-22,25,27-29,32H,14-15,17-20H2,1-3H3,(H2,35,39)(H,36,40)(H,37,41)(H2,43,44,45)/b16-11+/t22-,25-,27-,28+,29+,32+/m1/s1. The number of hydrogen-bond acceptors (Lipinski definition) is 7. The van der Waals surface area contributed by atoms with Crippen LogP contribution in [0.5, 0.6) is 5.75 Å². The van der Waals surface area contributed by atoms with Gasteiger partial charge < -0.3 is 30.5 Å². The highest BCUT2D eigenvalue weighted by Gasteiger charge is 2.57. The Bertz CT molecular complexity index is 1510. The summed E-state index contributed by atoms with van der Waals surface area (Å²) in [6.45, 7) is 6.45. The Balaban J connectivity index is 1.42. The maximum absolute atomic E-state index is 14.0. The SMILES string of the molecule is CC(C)C[C@H](NC(=O)/C=C/c1ccc(OP(=O)(O)O)cc1)C(=O)N1C[C@H]2C[C@H]2[C@H]1C(=O)N[C@@H](CCC(N)=O)[C@@H](C)OCc1ccccc1. The number of hydrogen-bond donors (Lipinski definition) is 5. The van der Waals surface area contributed by atoms with Crippen molar-refractivity contribution in [1.82, 2.24) is 15.5 Å². The third-order valence-corrected chi connectivity index (χ3v) is 8.96. The minimum atomic E-state index is -4.69. The molecule has 0 spiro atoms. The number of primary amides is 1. The molecule has 0 aromatic heterocycles. The summed E-state index contributed by atoms with van der Waals surface area (Å²) >= 11 is 0. The van der Waals surface area contributed by atoms with Crippen molar-refractivity contribution in [2.45, 2.75) is 77.3 Å². The number of phosphoric acid groups is 1. The summed E-state index contributed by atoms with van der Waals surface area (Å²) in [7, 11) is -4.69. The Hall–Kier alpha value is -4.03. The number of fused-ring (bicyclic) bond motifs is 1. The normalized spacial score (nSPS) is 20.5. The van der Waals surface area contributed by atoms with Crippen LogP contribution >= 0.6 is 7.82 Å². The van der Waals surface area contributed by atoms with E-state index in [1.54, 1.807) is 4.90 Å². The first-order valence-corrected chi connectivity index (χ1v) is 17.6. The summed E-state index contributed by atoms with van der Waals surface area (Å²) in [5.41, 5.74) is 6.96. The molecule has 0 radical (unpaired) electrons. The Morgan fingerprint density at radius 1 is 1.04 bits per heavy atom. The lowest BCUT2D eigenvalue weighted by Crippen LogP contribution is -2.57. The minimum Gasteiger partial charge on any atom is -0.404 e. The van der Waals surface area contributed by atoms with Crippen molar-refractivity contribution in [2.75, 3.05) is 6.54 Å². The molecule has 1 saturated heterocycles. The van der Waals surface area contributed by atoms with Crippen molar-refractivity contribution in [3.05, 3.63) is 71.8 Å². The predicted octanol–water partition coefficient (Wildman–Crippen LogP) is 2.90. The second-order valence-electron chi connectivity index (χ2n) is 12.9. The van der Waals surface area contributed by atoms with Gasteiger partial charge in [0.05, 0.1) is 18.8 Å². The number of piperidine rings is 1. The van der Waals surface area contributed by atoms with Gasteiger partial charge in [-0.1, -0.05) is 56.3 Å². The number of likely N-dealkylation sites (tertiary alicyclic amines) is 1. The number of carbonyl (C=O) groups excluding carboxylic acids is 4. The number of phosphoric ester groups is 1. The molecule has 14 heteroatoms. The topological polar surface area (TPSA) is 198 Å². The van der Waals surface area contributed by atoms with Gasteiger partial charge in [-0.25, -0.2) is 4.57 Å². The molecule has 2 fully saturated rings. The molecule has 2 aromatic carbocycles. The third kappa shape index (κ3) is 11.0. The van der Waals surface area contributed by atoms with Crippen molar-refractivity contribution in [3.63, 3.8) is 0 Å². The fourth-order valence-corrected chi connectivity index (χ4v) is 6.39. The first-order chi connectivity index (χ1) is 22.7. The Labute approximate surface area is 280 Å². The van der Waals surface area contributed by atoms with Crippen LogP contribution in [0.25, 0.3) is 6.08 Å². The molecule has 1 aliphatic heterocycles. The van der Waals surface area contributed by atoms with Gasteiger partial charge in [0.2, 0.25) is 23.6 Å². The summed E-state index contributed by atoms with van der Waals surface area (Å²) in [6, 6.07) is 13.3. The van der Waals surface area contributed by atoms with E-state index in [-0.39, 0.29) is 48.2 Å². The largest absolute Gasteiger partial charge is 0.524 e. The summed E-state index contributed by atoms with van der Waals surface area (Å²) in [5.74, 6) is -1.40. The van der Waals surface area contributed by atoms with Crippen LogP contribution in [-0.4, -0.2) is 69.1 Å². The zero-order valence-electron chi connectivity index (χ0n) is 27.4. The first kappa shape index (κ1) is 36.8. The van der Waals surface area contributed by atoms with Gasteiger partial charge in [0.25, 0.3) is 0 Å². The Morgan fingerprint density at radius 3 is 2.35 bits per heavy atom. The molecular weight excluding hydrogens is 639 g/mol. The van der Waals surface area contributed by atoms with E-state index in [9.17, 15) is 23.7 Å². The molecule has 2 aromatic rings. The quantitative estimate of drug-likeness (QED) is 0.123. The third-order valence-electron chi connectivity index (χ3n) is 8.51. The fourth-order valence-electron chi connectivity index (χ4n) is 6.00. The van der Waals surface area contributed by atoms with Crippen LogP contribution in [0, 0.1) is 17.8 Å². The monoisotopic (exact) mass is 684 g/mol. The molecule has 6 N–H and O–H groups in total. The van der Waals surface area contributed by atoms with Gasteiger partial charge >= 0.3 is 7.82 Å². The van der Waals surface area contributed by atoms with E-state index in [1.807, 2.05) is 51.1 Å². The van der Waals surface area contributed by atoms with Gasteiger partial charge in [-0.05, 0) is 73.3 Å². The molecule has 4 amide bonds. The number of ether oxygens (including phenoxy) is 1. The van der Waals surface area contributed by atoms with Crippen LogP contribution in [0.2, 0.25) is 0 Å². The van der Waals surface area contributed by atoms with Crippen molar-refractivity contribution >= 4 is 37.5 Å². The Morgan fingerprint density at radius 2 is 1.73 bits per heavy atom. The number of nitrogens with two attached hydrogens (primary N) is 1. The van der Waals surface area contributed by atoms with Gasteiger partial charge in [-0.2, -0.15) is 0 Å². The average Bonchev–Trinajstić information content (AvgIpc) is 3.68. The van der Waals surface area contributed by atoms with Crippen molar-refractivity contribution in [1.29, 1.82) is 0 Å². The number of rotatable bonds is 17. The summed E-state index contributed by atoms with van der Waals surface area (Å²) in [5, 5.41) is 5.85. The molecule has 4 rings (SSSR count). The van der Waals surface area contributed by atoms with Crippen LogP contribution < -0.4 is 20.9 Å². The highest BCUT2D eigenvalue weighted by atomic mass is 31.2. The number of carbonyl (C=O) groups is 4.